The fraction of sp³-hybridized carbons (Fsp3) is 0.714. The van der Waals surface area contributed by atoms with Gasteiger partial charge in [0, 0.05) is 23.5 Å². The lowest BCUT2D eigenvalue weighted by Crippen LogP contribution is -2.41. The maximum absolute atomic E-state index is 3.52. The number of hydrogen-bond acceptors (Lipinski definition) is 3. The van der Waals surface area contributed by atoms with Crippen LogP contribution in [0.1, 0.15) is 42.7 Å². The van der Waals surface area contributed by atoms with Crippen molar-refractivity contribution in [3.8, 4) is 0 Å². The third-order valence-electron chi connectivity index (χ3n) is 4.34. The van der Waals surface area contributed by atoms with Gasteiger partial charge in [0.1, 0.15) is 0 Å². The standard InChI is InChI=1S/C14H22N2S/c1-11-13-6-10-17-14(13)5-9-16(11)12-3-2-7-15-8-4-12/h6,10-12,15H,2-5,7-9H2,1H3. The molecule has 17 heavy (non-hydrogen) atoms. The molecular weight excluding hydrogens is 228 g/mol. The molecule has 1 saturated heterocycles. The zero-order chi connectivity index (χ0) is 11.7. The summed E-state index contributed by atoms with van der Waals surface area (Å²) < 4.78 is 0. The van der Waals surface area contributed by atoms with Crippen LogP contribution in [0, 0.1) is 0 Å². The molecule has 1 fully saturated rings. The van der Waals surface area contributed by atoms with Crippen LogP contribution in [0.5, 0.6) is 0 Å². The molecule has 0 amide bonds. The van der Waals surface area contributed by atoms with Crippen LogP contribution in [0.25, 0.3) is 0 Å². The van der Waals surface area contributed by atoms with Crippen LogP contribution in [0.15, 0.2) is 11.4 Å². The summed E-state index contributed by atoms with van der Waals surface area (Å²) in [6.45, 7) is 6.06. The fourth-order valence-electron chi connectivity index (χ4n) is 3.36. The predicted octanol–water partition coefficient (Wildman–Crippen LogP) is 2.81. The van der Waals surface area contributed by atoms with E-state index < -0.39 is 0 Å². The molecule has 2 nitrogen and oxygen atoms in total. The second-order valence-electron chi connectivity index (χ2n) is 5.30. The van der Waals surface area contributed by atoms with Gasteiger partial charge in [0.2, 0.25) is 0 Å². The van der Waals surface area contributed by atoms with Crippen LogP contribution in [-0.2, 0) is 6.42 Å². The summed E-state index contributed by atoms with van der Waals surface area (Å²) in [5.41, 5.74) is 1.60. The van der Waals surface area contributed by atoms with Gasteiger partial charge in [-0.2, -0.15) is 0 Å². The van der Waals surface area contributed by atoms with Crippen molar-refractivity contribution in [3.63, 3.8) is 0 Å². The zero-order valence-corrected chi connectivity index (χ0v) is 11.4. The Kier molecular flexibility index (Phi) is 3.50. The molecule has 0 aliphatic carbocycles. The Balaban J connectivity index is 1.76. The average molecular weight is 250 g/mol. The first-order valence-electron chi connectivity index (χ1n) is 6.89. The Morgan fingerprint density at radius 1 is 1.35 bits per heavy atom. The van der Waals surface area contributed by atoms with Crippen LogP contribution < -0.4 is 5.32 Å². The molecule has 2 unspecified atom stereocenters. The highest BCUT2D eigenvalue weighted by molar-refractivity contribution is 7.10. The second kappa shape index (κ2) is 5.09. The largest absolute Gasteiger partial charge is 0.317 e. The first-order chi connectivity index (χ1) is 8.36. The molecule has 2 aliphatic rings. The van der Waals surface area contributed by atoms with Gasteiger partial charge in [0.05, 0.1) is 0 Å². The third kappa shape index (κ3) is 2.28. The normalized spacial score (nSPS) is 30.9. The Morgan fingerprint density at radius 2 is 2.29 bits per heavy atom. The number of thiophene rings is 1. The highest BCUT2D eigenvalue weighted by atomic mass is 32.1. The Bertz CT molecular complexity index is 366. The predicted molar refractivity (Wildman–Crippen MR) is 73.7 cm³/mol. The van der Waals surface area contributed by atoms with Gasteiger partial charge in [-0.15, -0.1) is 11.3 Å². The van der Waals surface area contributed by atoms with Gasteiger partial charge in [-0.25, -0.2) is 0 Å². The van der Waals surface area contributed by atoms with Crippen LogP contribution in [0.2, 0.25) is 0 Å². The van der Waals surface area contributed by atoms with Crippen molar-refractivity contribution in [2.45, 2.75) is 44.7 Å². The second-order valence-corrected chi connectivity index (χ2v) is 6.30. The smallest absolute Gasteiger partial charge is 0.0333 e. The summed E-state index contributed by atoms with van der Waals surface area (Å²) in [6.07, 6.45) is 5.30. The zero-order valence-electron chi connectivity index (χ0n) is 10.6. The van der Waals surface area contributed by atoms with Gasteiger partial charge >= 0.3 is 0 Å². The van der Waals surface area contributed by atoms with E-state index in [-0.39, 0.29) is 0 Å². The van der Waals surface area contributed by atoms with E-state index in [0.717, 1.165) is 6.04 Å². The number of nitrogens with one attached hydrogen (secondary N) is 1. The van der Waals surface area contributed by atoms with Gasteiger partial charge in [-0.1, -0.05) is 0 Å². The summed E-state index contributed by atoms with van der Waals surface area (Å²) in [6, 6.07) is 3.77. The lowest BCUT2D eigenvalue weighted by atomic mass is 9.96. The molecule has 1 aromatic rings. The molecule has 2 atom stereocenters. The van der Waals surface area contributed by atoms with Crippen molar-refractivity contribution >= 4 is 11.3 Å². The summed E-state index contributed by atoms with van der Waals surface area (Å²) >= 11 is 1.94. The summed E-state index contributed by atoms with van der Waals surface area (Å²) in [4.78, 5) is 4.38. The van der Waals surface area contributed by atoms with Crippen LogP contribution in [0.3, 0.4) is 0 Å². The third-order valence-corrected chi connectivity index (χ3v) is 5.34. The molecule has 0 radical (unpaired) electrons. The van der Waals surface area contributed by atoms with E-state index in [9.17, 15) is 0 Å². The Labute approximate surface area is 108 Å². The number of fused-ring (bicyclic) bond motifs is 1. The molecule has 3 heterocycles. The molecule has 0 bridgehead atoms. The van der Waals surface area contributed by atoms with Gasteiger partial charge in [0.25, 0.3) is 0 Å². The maximum atomic E-state index is 3.52. The van der Waals surface area contributed by atoms with Crippen LogP contribution in [0.4, 0.5) is 0 Å². The SMILES string of the molecule is CC1c2ccsc2CCN1C1CCCNCC1. The Hall–Kier alpha value is -0.380. The average Bonchev–Trinajstić information content (AvgIpc) is 2.66. The van der Waals surface area contributed by atoms with Gasteiger partial charge < -0.3 is 5.32 Å². The van der Waals surface area contributed by atoms with Gasteiger partial charge in [-0.05, 0) is 62.7 Å². The lowest BCUT2D eigenvalue weighted by molar-refractivity contribution is 0.124. The van der Waals surface area contributed by atoms with E-state index in [1.165, 1.54) is 45.3 Å². The number of hydrogen-bond donors (Lipinski definition) is 1. The minimum absolute atomic E-state index is 0.632. The fourth-order valence-corrected chi connectivity index (χ4v) is 4.32. The van der Waals surface area contributed by atoms with E-state index in [1.807, 2.05) is 11.3 Å². The molecule has 3 rings (SSSR count). The maximum Gasteiger partial charge on any atom is 0.0333 e. The van der Waals surface area contributed by atoms with Crippen molar-refractivity contribution < 1.29 is 0 Å². The van der Waals surface area contributed by atoms with Crippen LogP contribution >= 0.6 is 11.3 Å². The highest BCUT2D eigenvalue weighted by Crippen LogP contribution is 2.35. The summed E-state index contributed by atoms with van der Waals surface area (Å²) in [5.74, 6) is 0. The Morgan fingerprint density at radius 3 is 3.24 bits per heavy atom. The molecular formula is C14H22N2S. The first-order valence-corrected chi connectivity index (χ1v) is 7.77. The van der Waals surface area contributed by atoms with E-state index in [1.54, 1.807) is 10.4 Å². The molecule has 1 N–H and O–H groups in total. The molecule has 2 aliphatic heterocycles. The lowest BCUT2D eigenvalue weighted by Gasteiger charge is -2.39. The number of nitrogens with zero attached hydrogens (tertiary/aromatic N) is 1. The van der Waals surface area contributed by atoms with Crippen molar-refractivity contribution in [3.05, 3.63) is 21.9 Å². The van der Waals surface area contributed by atoms with E-state index in [2.05, 4.69) is 28.6 Å². The topological polar surface area (TPSA) is 15.3 Å². The van der Waals surface area contributed by atoms with Crippen molar-refractivity contribution in [1.82, 2.24) is 10.2 Å². The summed E-state index contributed by atoms with van der Waals surface area (Å²) in [7, 11) is 0. The minimum Gasteiger partial charge on any atom is -0.317 e. The summed E-state index contributed by atoms with van der Waals surface area (Å²) in [5, 5.41) is 5.78. The molecule has 0 spiro atoms. The monoisotopic (exact) mass is 250 g/mol. The van der Waals surface area contributed by atoms with Crippen molar-refractivity contribution in [2.75, 3.05) is 19.6 Å². The van der Waals surface area contributed by atoms with Crippen LogP contribution in [-0.4, -0.2) is 30.6 Å². The van der Waals surface area contributed by atoms with Gasteiger partial charge in [0.15, 0.2) is 0 Å². The van der Waals surface area contributed by atoms with Gasteiger partial charge in [-0.3, -0.25) is 4.90 Å². The van der Waals surface area contributed by atoms with E-state index >= 15 is 0 Å². The first kappa shape index (κ1) is 11.7. The van der Waals surface area contributed by atoms with E-state index in [0.29, 0.717) is 6.04 Å². The number of rotatable bonds is 1. The molecule has 3 heteroatoms. The highest BCUT2D eigenvalue weighted by Gasteiger charge is 2.30. The minimum atomic E-state index is 0.632. The van der Waals surface area contributed by atoms with Crippen molar-refractivity contribution in [1.29, 1.82) is 0 Å². The molecule has 1 aromatic heterocycles. The molecule has 0 aromatic carbocycles. The quantitative estimate of drug-likeness (QED) is 0.824. The van der Waals surface area contributed by atoms with Crippen molar-refractivity contribution in [2.24, 2.45) is 0 Å². The van der Waals surface area contributed by atoms with E-state index in [4.69, 9.17) is 0 Å². The molecule has 0 saturated carbocycles. The molecule has 94 valence electrons.